The second-order valence-corrected chi connectivity index (χ2v) is 16.2. The summed E-state index contributed by atoms with van der Waals surface area (Å²) in [5.74, 6) is 4.53. The minimum atomic E-state index is 0.404. The van der Waals surface area contributed by atoms with E-state index in [0.717, 1.165) is 56.2 Å². The Hall–Kier alpha value is -6.38. The maximum atomic E-state index is 7.48. The van der Waals surface area contributed by atoms with E-state index in [2.05, 4.69) is 131 Å². The smallest absolute Gasteiger partial charge is 0.238 e. The molecule has 2 heterocycles. The Morgan fingerprint density at radius 3 is 1.69 bits per heavy atom. The van der Waals surface area contributed by atoms with E-state index >= 15 is 0 Å². The first kappa shape index (κ1) is 32.1. The van der Waals surface area contributed by atoms with Gasteiger partial charge >= 0.3 is 0 Å². The van der Waals surface area contributed by atoms with Crippen LogP contribution in [-0.2, 0) is 5.41 Å². The molecule has 4 aliphatic carbocycles. The van der Waals surface area contributed by atoms with Gasteiger partial charge in [0, 0.05) is 21.9 Å². The Kier molecular flexibility index (Phi) is 7.35. The first-order valence-corrected chi connectivity index (χ1v) is 19.6. The molecule has 0 amide bonds. The lowest BCUT2D eigenvalue weighted by Gasteiger charge is -2.57. The number of fused-ring (bicyclic) bond motifs is 3. The average molecular weight is 710 g/mol. The van der Waals surface area contributed by atoms with Gasteiger partial charge in [0.15, 0.2) is 17.3 Å². The summed E-state index contributed by atoms with van der Waals surface area (Å²) in [5, 5.41) is 2.30. The summed E-state index contributed by atoms with van der Waals surface area (Å²) in [4.78, 5) is 19.0. The van der Waals surface area contributed by atoms with Gasteiger partial charge in [0.1, 0.15) is 0 Å². The van der Waals surface area contributed by atoms with Gasteiger partial charge in [0.2, 0.25) is 5.95 Å². The Morgan fingerprint density at radius 1 is 0.509 bits per heavy atom. The number of hydrogen-bond acceptors (Lipinski definition) is 3. The van der Waals surface area contributed by atoms with Crippen molar-refractivity contribution in [2.24, 2.45) is 17.8 Å². The normalized spacial score (nSPS) is 21.3. The molecular formula is C50H39N5. The average Bonchev–Trinajstić information content (AvgIpc) is 3.58. The molecule has 5 nitrogen and oxygen atoms in total. The van der Waals surface area contributed by atoms with Gasteiger partial charge in [0.05, 0.1) is 17.6 Å². The fourth-order valence-corrected chi connectivity index (χ4v) is 10.8. The number of rotatable bonds is 6. The molecule has 264 valence electrons. The summed E-state index contributed by atoms with van der Waals surface area (Å²) in [6.07, 6.45) is 8.56. The van der Waals surface area contributed by atoms with Crippen LogP contribution in [0.3, 0.4) is 0 Å². The predicted octanol–water partition coefficient (Wildman–Crippen LogP) is 12.7. The van der Waals surface area contributed by atoms with Gasteiger partial charge in [-0.25, -0.2) is 9.83 Å². The highest BCUT2D eigenvalue weighted by atomic mass is 15.2. The summed E-state index contributed by atoms with van der Waals surface area (Å²) in [6.45, 7) is 7.48. The van der Waals surface area contributed by atoms with E-state index < -0.39 is 0 Å². The minimum Gasteiger partial charge on any atom is -0.278 e. The molecule has 0 atom stereocenters. The zero-order chi connectivity index (χ0) is 36.5. The van der Waals surface area contributed by atoms with Crippen molar-refractivity contribution < 1.29 is 0 Å². The quantitative estimate of drug-likeness (QED) is 0.162. The monoisotopic (exact) mass is 709 g/mol. The van der Waals surface area contributed by atoms with Crippen LogP contribution >= 0.6 is 0 Å². The third kappa shape index (κ3) is 5.39. The van der Waals surface area contributed by atoms with E-state index in [0.29, 0.717) is 28.7 Å². The van der Waals surface area contributed by atoms with Gasteiger partial charge in [-0.3, -0.25) is 4.57 Å². The lowest BCUT2D eigenvalue weighted by molar-refractivity contribution is -0.00518. The second-order valence-electron chi connectivity index (χ2n) is 16.2. The van der Waals surface area contributed by atoms with Crippen LogP contribution in [0.1, 0.15) is 44.1 Å². The molecule has 0 aliphatic heterocycles. The number of para-hydroxylation sites is 1. The SMILES string of the molecule is [C-]#[N+]c1ccc(-c2nc(-c3ccc(-c4ccc(C56CC7CC(CC(C7)C5)C6)cc4)cc3)nc(-n3c4ccccc4c4c(-c5ccccc5)cccc43)n2)cc1. The van der Waals surface area contributed by atoms with Crippen molar-refractivity contribution >= 4 is 27.5 Å². The summed E-state index contributed by atoms with van der Waals surface area (Å²) >= 11 is 0. The van der Waals surface area contributed by atoms with E-state index in [-0.39, 0.29) is 0 Å². The van der Waals surface area contributed by atoms with Gasteiger partial charge in [-0.1, -0.05) is 133 Å². The number of benzene rings is 6. The highest BCUT2D eigenvalue weighted by Crippen LogP contribution is 2.60. The lowest BCUT2D eigenvalue weighted by atomic mass is 9.48. The third-order valence-corrected chi connectivity index (χ3v) is 12.9. The van der Waals surface area contributed by atoms with E-state index in [9.17, 15) is 0 Å². The Morgan fingerprint density at radius 2 is 1.05 bits per heavy atom. The molecule has 0 spiro atoms. The summed E-state index contributed by atoms with van der Waals surface area (Å²) < 4.78 is 2.17. The molecule has 4 fully saturated rings. The van der Waals surface area contributed by atoms with Crippen molar-refractivity contribution in [1.82, 2.24) is 19.5 Å². The molecule has 55 heavy (non-hydrogen) atoms. The number of hydrogen-bond donors (Lipinski definition) is 0. The van der Waals surface area contributed by atoms with Crippen molar-refractivity contribution in [3.63, 3.8) is 0 Å². The van der Waals surface area contributed by atoms with E-state index in [4.69, 9.17) is 21.5 Å². The fraction of sp³-hybridized carbons (Fsp3) is 0.200. The van der Waals surface area contributed by atoms with Crippen molar-refractivity contribution in [3.05, 3.63) is 163 Å². The van der Waals surface area contributed by atoms with E-state index in [1.54, 1.807) is 5.56 Å². The lowest BCUT2D eigenvalue weighted by Crippen LogP contribution is -2.48. The van der Waals surface area contributed by atoms with E-state index in [1.807, 2.05) is 24.3 Å². The van der Waals surface area contributed by atoms with Gasteiger partial charge in [-0.2, -0.15) is 9.97 Å². The molecule has 4 aliphatic rings. The largest absolute Gasteiger partial charge is 0.278 e. The molecule has 12 rings (SSSR count). The van der Waals surface area contributed by atoms with Crippen molar-refractivity contribution in [1.29, 1.82) is 0 Å². The standard InChI is InChI=1S/C50H39N5/c1-51-41-24-20-39(21-25-41)48-52-47(38-16-14-35(15-17-38)36-18-22-40(23-19-36)50-29-32-26-33(30-50)28-34(27-32)31-50)53-49(54-48)55-44-12-6-5-10-43(44)46-42(11-7-13-45(46)55)37-8-3-2-4-9-37/h2-25,32-34H,26-31H2. The molecule has 6 aromatic carbocycles. The molecule has 2 aromatic heterocycles. The Bertz CT molecular complexity index is 2740. The zero-order valence-corrected chi connectivity index (χ0v) is 30.6. The third-order valence-electron chi connectivity index (χ3n) is 12.9. The zero-order valence-electron chi connectivity index (χ0n) is 30.6. The number of nitrogens with zero attached hydrogens (tertiary/aromatic N) is 5. The van der Waals surface area contributed by atoms with Crippen LogP contribution < -0.4 is 0 Å². The highest BCUT2D eigenvalue weighted by Gasteiger charge is 2.51. The Balaban J connectivity index is 1.01. The topological polar surface area (TPSA) is 48.0 Å². The molecule has 4 saturated carbocycles. The van der Waals surface area contributed by atoms with Crippen LogP contribution in [0.25, 0.3) is 77.6 Å². The van der Waals surface area contributed by atoms with Crippen molar-refractivity contribution in [2.75, 3.05) is 0 Å². The maximum Gasteiger partial charge on any atom is 0.238 e. The Labute approximate surface area is 321 Å². The van der Waals surface area contributed by atoms with Crippen LogP contribution in [0.5, 0.6) is 0 Å². The predicted molar refractivity (Wildman–Crippen MR) is 222 cm³/mol. The van der Waals surface area contributed by atoms with Crippen LogP contribution in [0.2, 0.25) is 0 Å². The van der Waals surface area contributed by atoms with E-state index in [1.165, 1.54) is 55.2 Å². The van der Waals surface area contributed by atoms with Crippen LogP contribution in [-0.4, -0.2) is 19.5 Å². The summed E-state index contributed by atoms with van der Waals surface area (Å²) in [6, 6.07) is 51.1. The molecule has 5 heteroatoms. The highest BCUT2D eigenvalue weighted by molar-refractivity contribution is 6.15. The molecule has 0 saturated heterocycles. The molecule has 8 aromatic rings. The van der Waals surface area contributed by atoms with Gasteiger partial charge < -0.3 is 0 Å². The first-order valence-electron chi connectivity index (χ1n) is 19.6. The molecular weight excluding hydrogens is 671 g/mol. The molecule has 0 N–H and O–H groups in total. The first-order chi connectivity index (χ1) is 27.1. The maximum absolute atomic E-state index is 7.48. The van der Waals surface area contributed by atoms with Crippen LogP contribution in [0.4, 0.5) is 5.69 Å². The van der Waals surface area contributed by atoms with Gasteiger partial charge in [0.25, 0.3) is 0 Å². The molecule has 0 radical (unpaired) electrons. The summed E-state index contributed by atoms with van der Waals surface area (Å²) in [7, 11) is 0. The van der Waals surface area contributed by atoms with Crippen LogP contribution in [0.15, 0.2) is 146 Å². The minimum absolute atomic E-state index is 0.404. The second kappa shape index (κ2) is 12.6. The summed E-state index contributed by atoms with van der Waals surface area (Å²) in [5.41, 5.74) is 11.1. The van der Waals surface area contributed by atoms with Gasteiger partial charge in [-0.05, 0) is 102 Å². The van der Waals surface area contributed by atoms with Gasteiger partial charge in [-0.15, -0.1) is 0 Å². The molecule has 4 bridgehead atoms. The van der Waals surface area contributed by atoms with Crippen molar-refractivity contribution in [2.45, 2.75) is 43.9 Å². The van der Waals surface area contributed by atoms with Crippen molar-refractivity contribution in [3.8, 4) is 51.0 Å². The number of aromatic nitrogens is 4. The fourth-order valence-electron chi connectivity index (χ4n) is 10.8. The molecule has 0 unspecified atom stereocenters. The van der Waals surface area contributed by atoms with Crippen LogP contribution in [0, 0.1) is 24.3 Å².